The summed E-state index contributed by atoms with van der Waals surface area (Å²) in [5.41, 5.74) is 32.5. The summed E-state index contributed by atoms with van der Waals surface area (Å²) in [5, 5.41) is 67.0. The molecule has 0 spiro atoms. The van der Waals surface area contributed by atoms with E-state index < -0.39 is 284 Å². The number of carboxylic acids is 3. The van der Waals surface area contributed by atoms with Crippen LogP contribution in [-0.2, 0) is 117 Å². The number of nitrogens with one attached hydrogen (secondary N) is 14. The lowest BCUT2D eigenvalue weighted by Crippen LogP contribution is -2.62. The Kier molecular flexibility index (Phi) is 49.3. The molecule has 1 heterocycles. The molecule has 806 valence electrons. The van der Waals surface area contributed by atoms with Crippen LogP contribution in [0, 0.1) is 30.6 Å². The lowest BCUT2D eigenvalue weighted by Gasteiger charge is -2.32. The third kappa shape index (κ3) is 40.4. The molecule has 0 unspecified atom stereocenters. The van der Waals surface area contributed by atoms with Crippen molar-refractivity contribution in [3.05, 3.63) is 161 Å². The topological polar surface area (TPSA) is 713 Å². The lowest BCUT2D eigenvalue weighted by molar-refractivity contribution is -0.143. The SMILES string of the molecule is Cc1cccc(C[C@@H]2NC(=O)[C@H](CC(=O)O)NC(=O)[C@H](Cc3ccc(OCC(=O)O)cc3)NC(=O)[C@@H](CC(C)C)NC(=O)CSC[C@@H](C(=O)N[C@@H](CCN)C(N)=O)NC(=O)[C@H](CCCN)NC(=O)[C@H](C(C)C)NC(=O)[C@H](CC3CCCCC3)NC(=O)[C@H](CCN)NC(=O)[C@@H](CC(C)C)NC(=O)[C@H](C)N(C)C(=O)[C@H](CCC(N)=O)NC(=O)[C@H](Cc3ccc(-c4ccccc4)cc3)NC(=O)[C@H](Cc3ccc(C(=O)O)cc3)NC2=O)c1. The number of ether oxygens (including phenoxy) is 1. The zero-order valence-corrected chi connectivity index (χ0v) is 85.7. The number of aliphatic carboxylic acids is 2. The van der Waals surface area contributed by atoms with Crippen LogP contribution in [0.4, 0.5) is 0 Å². The number of carbonyl (C=O) groups excluding carboxylic acids is 17. The van der Waals surface area contributed by atoms with Gasteiger partial charge in [-0.05, 0) is 166 Å². The molecule has 1 saturated carbocycles. The van der Waals surface area contributed by atoms with Crippen molar-refractivity contribution < 1.29 is 116 Å². The minimum Gasteiger partial charge on any atom is -0.482 e. The summed E-state index contributed by atoms with van der Waals surface area (Å²) in [6.07, 6.45) is -1.05. The Morgan fingerprint density at radius 3 is 1.42 bits per heavy atom. The zero-order valence-electron chi connectivity index (χ0n) is 84.9. The van der Waals surface area contributed by atoms with Gasteiger partial charge >= 0.3 is 17.9 Å². The number of aryl methyl sites for hydroxylation is 1. The van der Waals surface area contributed by atoms with Gasteiger partial charge < -0.3 is 128 Å². The largest absolute Gasteiger partial charge is 0.482 e. The number of carbonyl (C=O) groups is 20. The molecular formula is C103H144N20O24S. The Hall–Kier alpha value is -14.5. The Labute approximate surface area is 863 Å². The van der Waals surface area contributed by atoms with E-state index in [4.69, 9.17) is 33.4 Å². The molecule has 45 heteroatoms. The van der Waals surface area contributed by atoms with Gasteiger partial charge in [-0.1, -0.05) is 182 Å². The number of primary amides is 2. The molecule has 0 aromatic heterocycles. The number of thioether (sulfide) groups is 1. The number of nitrogens with two attached hydrogens (primary N) is 5. The van der Waals surface area contributed by atoms with Crippen molar-refractivity contribution in [2.24, 2.45) is 52.3 Å². The quantitative estimate of drug-likeness (QED) is 0.0251. The molecule has 2 aliphatic rings. The molecule has 1 saturated heterocycles. The number of aromatic carboxylic acids is 1. The summed E-state index contributed by atoms with van der Waals surface area (Å²) in [6, 6.07) is 8.41. The first kappa shape index (κ1) is 120. The van der Waals surface area contributed by atoms with Gasteiger partial charge in [-0.25, -0.2) is 9.59 Å². The predicted octanol–water partition coefficient (Wildman–Crippen LogP) is -0.144. The number of likely N-dealkylation sites (N-methyl/N-ethyl adjacent to an activating group) is 1. The molecular weight excluding hydrogens is 1930 g/mol. The van der Waals surface area contributed by atoms with E-state index in [0.717, 1.165) is 47.1 Å². The maximum atomic E-state index is 15.8. The smallest absolute Gasteiger partial charge is 0.341 e. The minimum absolute atomic E-state index is 0.0282. The summed E-state index contributed by atoms with van der Waals surface area (Å²) in [6.45, 7) is 11.9. The molecule has 2 fully saturated rings. The fourth-order valence-electron chi connectivity index (χ4n) is 16.9. The molecule has 44 nitrogen and oxygen atoms in total. The summed E-state index contributed by atoms with van der Waals surface area (Å²) >= 11 is 0.740. The maximum absolute atomic E-state index is 15.8. The van der Waals surface area contributed by atoms with Crippen LogP contribution >= 0.6 is 11.8 Å². The van der Waals surface area contributed by atoms with Gasteiger partial charge in [-0.3, -0.25) is 86.3 Å². The molecule has 0 bridgehead atoms. The van der Waals surface area contributed by atoms with E-state index in [0.29, 0.717) is 29.5 Å². The van der Waals surface area contributed by atoms with Crippen molar-refractivity contribution in [2.75, 3.05) is 44.8 Å². The van der Waals surface area contributed by atoms with Gasteiger partial charge in [-0.2, -0.15) is 0 Å². The third-order valence-electron chi connectivity index (χ3n) is 25.1. The van der Waals surface area contributed by atoms with Crippen molar-refractivity contribution in [1.29, 1.82) is 0 Å². The molecule has 5 aromatic rings. The highest BCUT2D eigenvalue weighted by Crippen LogP contribution is 2.29. The van der Waals surface area contributed by atoms with E-state index in [-0.39, 0.29) is 98.9 Å². The van der Waals surface area contributed by atoms with E-state index in [2.05, 4.69) is 74.4 Å². The number of amides is 17. The van der Waals surface area contributed by atoms with Gasteiger partial charge in [0.15, 0.2) is 6.61 Å². The van der Waals surface area contributed by atoms with Crippen LogP contribution in [0.2, 0.25) is 0 Å². The van der Waals surface area contributed by atoms with E-state index >= 15 is 38.4 Å². The van der Waals surface area contributed by atoms with Gasteiger partial charge in [0.2, 0.25) is 100 Å². The van der Waals surface area contributed by atoms with Crippen LogP contribution in [0.25, 0.3) is 11.1 Å². The summed E-state index contributed by atoms with van der Waals surface area (Å²) < 4.78 is 5.33. The van der Waals surface area contributed by atoms with E-state index in [9.17, 15) is 72.9 Å². The molecule has 148 heavy (non-hydrogen) atoms. The second-order valence-electron chi connectivity index (χ2n) is 38.5. The van der Waals surface area contributed by atoms with Gasteiger partial charge in [0.05, 0.1) is 17.7 Å². The summed E-state index contributed by atoms with van der Waals surface area (Å²) in [4.78, 5) is 290. The molecule has 1 aliphatic heterocycles. The molecule has 7 rings (SSSR count). The molecule has 17 amide bonds. The van der Waals surface area contributed by atoms with E-state index in [1.54, 1.807) is 97.0 Å². The standard InChI is InChI=1S/C103H144N20O24S/c1-56(2)44-74-92(134)116-78(50-64-29-35-69(36-30-64)147-53-86(128)129)96(138)120-81(52-85(126)127)98(140)119-80(51-65-21-16-18-59(7)46-65)97(139)118-77(49-63-27-33-68(34-28-63)103(145)146)95(137)117-76(48-62-25-31-67(32-26-62)66-22-14-11-15-23-66)94(136)113-73(37-38-83(107)124)102(144)123(9)60(8)89(131)114-75(45-57(3)4)93(135)111-72(40-43-106)91(133)115-79(47-61-19-12-10-13-20-61)99(141)122-87(58(5)6)101(143)112-71(24-17-41-104)90(132)121-82(54-148-55-84(125)109-74)100(142)110-70(39-42-105)88(108)130/h11,14-16,18,21-23,25-36,46,56-58,60-61,70-82,87H,10,12-13,17,19-20,24,37-45,47-55,104-106H2,1-9H3,(H2,107,124)(H2,108,130)(H,109,125)(H,110,142)(H,111,135)(H,112,143)(H,113,136)(H,114,131)(H,115,133)(H,116,134)(H,117,137)(H,118,139)(H,119,140)(H,120,138)(H,121,132)(H,122,141)(H,126,127)(H,128,129)(H,145,146)/t60-,70-,71-,72-,73-,74+,75+,76-,77-,78-,79-,80-,81-,82-,87-/m0/s1. The molecule has 5 aromatic carbocycles. The fourth-order valence-corrected chi connectivity index (χ4v) is 17.8. The average molecular weight is 2080 g/mol. The Balaban J connectivity index is 1.38. The fraction of sp³-hybridized carbons (Fsp3) is 0.515. The maximum Gasteiger partial charge on any atom is 0.341 e. The van der Waals surface area contributed by atoms with Crippen LogP contribution in [0.1, 0.15) is 183 Å². The first-order valence-electron chi connectivity index (χ1n) is 49.7. The van der Waals surface area contributed by atoms with Crippen LogP contribution < -0.4 is 108 Å². The average Bonchev–Trinajstić information content (AvgIpc) is 0.832. The normalized spacial score (nSPS) is 23.0. The van der Waals surface area contributed by atoms with Crippen LogP contribution in [0.3, 0.4) is 0 Å². The van der Waals surface area contributed by atoms with Crippen LogP contribution in [0.5, 0.6) is 5.75 Å². The summed E-state index contributed by atoms with van der Waals surface area (Å²) in [5.74, 6) is -24.4. The second-order valence-corrected chi connectivity index (χ2v) is 39.5. The third-order valence-corrected chi connectivity index (χ3v) is 26.1. The van der Waals surface area contributed by atoms with Gasteiger partial charge in [0.1, 0.15) is 96.4 Å². The number of rotatable bonds is 35. The zero-order chi connectivity index (χ0) is 109. The highest BCUT2D eigenvalue weighted by atomic mass is 32.2. The molecule has 27 N–H and O–H groups in total. The lowest BCUT2D eigenvalue weighted by atomic mass is 9.84. The molecule has 15 atom stereocenters. The molecule has 1 aliphatic carbocycles. The summed E-state index contributed by atoms with van der Waals surface area (Å²) in [7, 11) is 1.20. The number of hydrogen-bond acceptors (Lipinski definition) is 25. The van der Waals surface area contributed by atoms with Crippen molar-refractivity contribution >= 4 is 130 Å². The highest BCUT2D eigenvalue weighted by Gasteiger charge is 2.42. The number of hydrogen-bond donors (Lipinski definition) is 22. The first-order valence-corrected chi connectivity index (χ1v) is 50.8. The highest BCUT2D eigenvalue weighted by molar-refractivity contribution is 8.00. The van der Waals surface area contributed by atoms with Crippen molar-refractivity contribution in [3.8, 4) is 16.9 Å². The van der Waals surface area contributed by atoms with Crippen LogP contribution in [-0.4, -0.2) is 274 Å². The Morgan fingerprint density at radius 1 is 0.459 bits per heavy atom. The number of nitrogens with zero attached hydrogens (tertiary/aromatic N) is 1. The number of carboxylic acid groups (broad SMARTS) is 3. The molecule has 0 radical (unpaired) electrons. The van der Waals surface area contributed by atoms with Gasteiger partial charge in [0.25, 0.3) is 0 Å². The van der Waals surface area contributed by atoms with Crippen molar-refractivity contribution in [2.45, 2.75) is 268 Å². The van der Waals surface area contributed by atoms with Gasteiger partial charge in [-0.15, -0.1) is 11.8 Å². The van der Waals surface area contributed by atoms with E-state index in [1.807, 2.05) is 30.3 Å². The van der Waals surface area contributed by atoms with Crippen molar-refractivity contribution in [3.63, 3.8) is 0 Å². The first-order chi connectivity index (χ1) is 70.2. The van der Waals surface area contributed by atoms with Crippen molar-refractivity contribution in [1.82, 2.24) is 79.3 Å². The van der Waals surface area contributed by atoms with Gasteiger partial charge in [0, 0.05) is 44.9 Å². The predicted molar refractivity (Wildman–Crippen MR) is 548 cm³/mol. The van der Waals surface area contributed by atoms with E-state index in [1.165, 1.54) is 62.5 Å². The Morgan fingerprint density at radius 2 is 0.919 bits per heavy atom. The Bertz CT molecular complexity index is 5400. The van der Waals surface area contributed by atoms with Crippen LogP contribution in [0.15, 0.2) is 127 Å². The monoisotopic (exact) mass is 2080 g/mol. The number of benzene rings is 5. The second kappa shape index (κ2) is 60.6. The minimum atomic E-state index is -2.15.